The fourth-order valence-corrected chi connectivity index (χ4v) is 3.93. The van der Waals surface area contributed by atoms with Gasteiger partial charge >= 0.3 is 0 Å². The largest absolute Gasteiger partial charge is 0.349 e. The Morgan fingerprint density at radius 2 is 2.10 bits per heavy atom. The monoisotopic (exact) mass is 419 g/mol. The van der Waals surface area contributed by atoms with Gasteiger partial charge in [0.25, 0.3) is 15.0 Å². The molecule has 2 atom stereocenters. The Hall–Kier alpha value is -0.510. The lowest BCUT2D eigenvalue weighted by atomic mass is 10.2. The summed E-state index contributed by atoms with van der Waals surface area (Å²) in [5.41, 5.74) is -0.461. The van der Waals surface area contributed by atoms with E-state index in [1.165, 1.54) is 6.26 Å². The second kappa shape index (κ2) is 7.17. The van der Waals surface area contributed by atoms with E-state index >= 15 is 0 Å². The molecule has 0 radical (unpaired) electrons. The summed E-state index contributed by atoms with van der Waals surface area (Å²) in [7, 11) is -0.326. The Labute approximate surface area is 137 Å². The van der Waals surface area contributed by atoms with Crippen LogP contribution in [0.4, 0.5) is 4.39 Å². The number of nitrogens with one attached hydrogen (secondary N) is 1. The van der Waals surface area contributed by atoms with Crippen molar-refractivity contribution in [3.63, 3.8) is 0 Å². The molecular formula is C11H12BrClFNO4S2. The summed E-state index contributed by atoms with van der Waals surface area (Å²) in [4.78, 5) is 11.2. The van der Waals surface area contributed by atoms with Crippen LogP contribution in [0, 0.1) is 5.82 Å². The molecule has 2 unspecified atom stereocenters. The van der Waals surface area contributed by atoms with Crippen molar-refractivity contribution in [3.05, 3.63) is 28.0 Å². The molecule has 0 bridgehead atoms. The predicted molar refractivity (Wildman–Crippen MR) is 83.0 cm³/mol. The number of amides is 1. The number of halogens is 3. The van der Waals surface area contributed by atoms with Gasteiger partial charge in [-0.1, -0.05) is 15.9 Å². The van der Waals surface area contributed by atoms with Crippen molar-refractivity contribution in [2.24, 2.45) is 0 Å². The van der Waals surface area contributed by atoms with Crippen molar-refractivity contribution >= 4 is 52.4 Å². The third-order valence-electron chi connectivity index (χ3n) is 2.37. The van der Waals surface area contributed by atoms with Gasteiger partial charge < -0.3 is 5.32 Å². The van der Waals surface area contributed by atoms with Gasteiger partial charge in [-0.3, -0.25) is 9.00 Å². The first kappa shape index (κ1) is 18.5. The Morgan fingerprint density at radius 3 is 2.57 bits per heavy atom. The van der Waals surface area contributed by atoms with Crippen LogP contribution < -0.4 is 5.32 Å². The first-order valence-electron chi connectivity index (χ1n) is 5.57. The second-order valence-corrected chi connectivity index (χ2v) is 9.25. The van der Waals surface area contributed by atoms with Gasteiger partial charge in [0, 0.05) is 44.0 Å². The van der Waals surface area contributed by atoms with E-state index in [4.69, 9.17) is 10.7 Å². The van der Waals surface area contributed by atoms with Crippen LogP contribution in [0.5, 0.6) is 0 Å². The van der Waals surface area contributed by atoms with E-state index in [1.54, 1.807) is 6.92 Å². The van der Waals surface area contributed by atoms with Crippen LogP contribution in [0.25, 0.3) is 0 Å². The minimum atomic E-state index is -4.32. The molecule has 0 aliphatic rings. The maximum Gasteiger partial charge on any atom is 0.264 e. The number of hydrogen-bond donors (Lipinski definition) is 1. The van der Waals surface area contributed by atoms with E-state index in [0.29, 0.717) is 0 Å². The zero-order valence-electron chi connectivity index (χ0n) is 11.0. The Bertz CT molecular complexity index is 696. The molecule has 1 N–H and O–H groups in total. The number of benzene rings is 1. The van der Waals surface area contributed by atoms with Crippen molar-refractivity contribution in [3.8, 4) is 0 Å². The van der Waals surface area contributed by atoms with Gasteiger partial charge in [-0.15, -0.1) is 0 Å². The quantitative estimate of drug-likeness (QED) is 0.739. The lowest BCUT2D eigenvalue weighted by Gasteiger charge is -2.13. The van der Waals surface area contributed by atoms with Crippen LogP contribution in [0.2, 0.25) is 0 Å². The van der Waals surface area contributed by atoms with E-state index in [2.05, 4.69) is 21.2 Å². The number of rotatable bonds is 5. The molecule has 0 aliphatic carbocycles. The van der Waals surface area contributed by atoms with Crippen molar-refractivity contribution in [2.45, 2.75) is 17.9 Å². The molecule has 10 heteroatoms. The van der Waals surface area contributed by atoms with Crippen molar-refractivity contribution in [1.82, 2.24) is 5.32 Å². The van der Waals surface area contributed by atoms with Gasteiger partial charge in [0.1, 0.15) is 4.90 Å². The minimum absolute atomic E-state index is 0.194. The fraction of sp³-hybridized carbons (Fsp3) is 0.364. The third kappa shape index (κ3) is 5.32. The van der Waals surface area contributed by atoms with Gasteiger partial charge in [-0.2, -0.15) is 0 Å². The fourth-order valence-electron chi connectivity index (χ4n) is 1.60. The highest BCUT2D eigenvalue weighted by Crippen LogP contribution is 2.26. The lowest BCUT2D eigenvalue weighted by Crippen LogP contribution is -2.36. The third-order valence-corrected chi connectivity index (χ3v) is 5.12. The Kier molecular flexibility index (Phi) is 6.33. The maximum absolute atomic E-state index is 14.1. The summed E-state index contributed by atoms with van der Waals surface area (Å²) < 4.78 is 47.9. The summed E-state index contributed by atoms with van der Waals surface area (Å²) in [5, 5.41) is 2.44. The molecule has 1 aromatic rings. The van der Waals surface area contributed by atoms with Gasteiger partial charge in [0.15, 0.2) is 5.82 Å². The van der Waals surface area contributed by atoms with Gasteiger partial charge in [0.2, 0.25) is 0 Å². The molecular weight excluding hydrogens is 409 g/mol. The summed E-state index contributed by atoms with van der Waals surface area (Å²) in [6, 6.07) is 1.66. The first-order chi connectivity index (χ1) is 9.52. The van der Waals surface area contributed by atoms with Crippen LogP contribution in [-0.4, -0.2) is 36.6 Å². The topological polar surface area (TPSA) is 80.3 Å². The number of carbonyl (C=O) groups excluding carboxylic acids is 1. The van der Waals surface area contributed by atoms with Crippen LogP contribution in [0.15, 0.2) is 21.5 Å². The molecule has 0 heterocycles. The predicted octanol–water partition coefficient (Wildman–Crippen LogP) is 2.01. The van der Waals surface area contributed by atoms with Gasteiger partial charge in [-0.25, -0.2) is 12.8 Å². The summed E-state index contributed by atoms with van der Waals surface area (Å²) in [5.74, 6) is -1.84. The molecule has 21 heavy (non-hydrogen) atoms. The highest BCUT2D eigenvalue weighted by molar-refractivity contribution is 9.10. The molecule has 1 amide bonds. The zero-order chi connectivity index (χ0) is 16.4. The summed E-state index contributed by atoms with van der Waals surface area (Å²) in [6.07, 6.45) is 1.47. The van der Waals surface area contributed by atoms with Gasteiger partial charge in [0.05, 0.1) is 5.56 Å². The average molecular weight is 421 g/mol. The number of carbonyl (C=O) groups is 1. The smallest absolute Gasteiger partial charge is 0.264 e. The molecule has 5 nitrogen and oxygen atoms in total. The van der Waals surface area contributed by atoms with Crippen molar-refractivity contribution in [1.29, 1.82) is 0 Å². The van der Waals surface area contributed by atoms with Gasteiger partial charge in [-0.05, 0) is 19.1 Å². The molecule has 0 spiro atoms. The van der Waals surface area contributed by atoms with E-state index in [0.717, 1.165) is 12.1 Å². The first-order valence-corrected chi connectivity index (χ1v) is 10.4. The summed E-state index contributed by atoms with van der Waals surface area (Å²) in [6.45, 7) is 1.61. The van der Waals surface area contributed by atoms with Crippen molar-refractivity contribution < 1.29 is 21.8 Å². The van der Waals surface area contributed by atoms with E-state index in [1.807, 2.05) is 0 Å². The highest BCUT2D eigenvalue weighted by Gasteiger charge is 2.24. The molecule has 0 fully saturated rings. The van der Waals surface area contributed by atoms with E-state index in [-0.39, 0.29) is 10.2 Å². The molecule has 1 aromatic carbocycles. The second-order valence-electron chi connectivity index (χ2n) is 4.32. The Morgan fingerprint density at radius 1 is 1.52 bits per heavy atom. The van der Waals surface area contributed by atoms with E-state index in [9.17, 15) is 21.8 Å². The van der Waals surface area contributed by atoms with Crippen molar-refractivity contribution in [2.75, 3.05) is 12.0 Å². The SMILES string of the molecule is CC(CS(C)=O)NC(=O)c1cc(Br)cc(S(=O)(=O)Cl)c1F. The normalized spacial score (nSPS) is 14.5. The Balaban J connectivity index is 3.17. The minimum Gasteiger partial charge on any atom is -0.349 e. The lowest BCUT2D eigenvalue weighted by molar-refractivity contribution is 0.0939. The highest BCUT2D eigenvalue weighted by atomic mass is 79.9. The molecule has 0 saturated heterocycles. The molecule has 1 rings (SSSR count). The van der Waals surface area contributed by atoms with Crippen LogP contribution >= 0.6 is 26.6 Å². The maximum atomic E-state index is 14.1. The van der Waals surface area contributed by atoms with Crippen LogP contribution in [-0.2, 0) is 19.9 Å². The molecule has 118 valence electrons. The van der Waals surface area contributed by atoms with Crippen LogP contribution in [0.3, 0.4) is 0 Å². The average Bonchev–Trinajstić information content (AvgIpc) is 2.28. The summed E-state index contributed by atoms with van der Waals surface area (Å²) >= 11 is 3.00. The van der Waals surface area contributed by atoms with Crippen LogP contribution in [0.1, 0.15) is 17.3 Å². The number of hydrogen-bond acceptors (Lipinski definition) is 4. The zero-order valence-corrected chi connectivity index (χ0v) is 15.0. The molecule has 0 aromatic heterocycles. The molecule has 0 aliphatic heterocycles. The molecule has 0 saturated carbocycles. The standard InChI is InChI=1S/C11H12BrClFNO4S2/c1-6(5-20(2)17)15-11(16)8-3-7(12)4-9(10(8)14)21(13,18)19/h3-4,6H,5H2,1-2H3,(H,15,16). The van der Waals surface area contributed by atoms with E-state index < -0.39 is 48.1 Å².